The Labute approximate surface area is 108 Å². The lowest BCUT2D eigenvalue weighted by Crippen LogP contribution is -2.08. The summed E-state index contributed by atoms with van der Waals surface area (Å²) < 4.78 is 19.0. The van der Waals surface area contributed by atoms with E-state index in [0.717, 1.165) is 19.3 Å². The van der Waals surface area contributed by atoms with Gasteiger partial charge in [-0.2, -0.15) is 0 Å². The second-order valence-corrected chi connectivity index (χ2v) is 4.82. The Morgan fingerprint density at radius 2 is 2.12 bits per heavy atom. The Balaban J connectivity index is 2.29. The first-order chi connectivity index (χ1) is 7.58. The molecule has 1 aromatic rings. The first-order valence-electron chi connectivity index (χ1n) is 4.95. The van der Waals surface area contributed by atoms with Gasteiger partial charge in [0.15, 0.2) is 0 Å². The van der Waals surface area contributed by atoms with Gasteiger partial charge >= 0.3 is 0 Å². The quantitative estimate of drug-likeness (QED) is 0.646. The average Bonchev–Trinajstić information content (AvgIpc) is 2.15. The number of thiocarbonyl (C=S) groups is 1. The summed E-state index contributed by atoms with van der Waals surface area (Å²) in [7, 11) is 0. The van der Waals surface area contributed by atoms with Crippen molar-refractivity contribution in [2.24, 2.45) is 5.73 Å². The number of nitrogens with two attached hydrogens (primary N) is 1. The van der Waals surface area contributed by atoms with Crippen molar-refractivity contribution in [1.29, 1.82) is 0 Å². The summed E-state index contributed by atoms with van der Waals surface area (Å²) >= 11 is 7.96. The standard InChI is InChI=1S/C11H13BrFNOS/c12-8-5-9(13)7-10(6-8)15-4-2-1-3-11(14)16/h5-7H,1-4H2,(H2,14,16). The molecule has 5 heteroatoms. The van der Waals surface area contributed by atoms with Crippen LogP contribution in [0.1, 0.15) is 19.3 Å². The third-order valence-corrected chi connectivity index (χ3v) is 2.58. The third-order valence-electron chi connectivity index (χ3n) is 1.92. The summed E-state index contributed by atoms with van der Waals surface area (Å²) in [5.41, 5.74) is 5.36. The summed E-state index contributed by atoms with van der Waals surface area (Å²) in [6.07, 6.45) is 2.48. The molecular formula is C11H13BrFNOS. The third kappa shape index (κ3) is 5.42. The molecule has 0 radical (unpaired) electrons. The number of benzene rings is 1. The number of hydrogen-bond acceptors (Lipinski definition) is 2. The maximum absolute atomic E-state index is 13.0. The topological polar surface area (TPSA) is 35.2 Å². The van der Waals surface area contributed by atoms with Gasteiger partial charge in [0.2, 0.25) is 0 Å². The molecule has 0 aromatic heterocycles. The fourth-order valence-corrected chi connectivity index (χ4v) is 1.79. The van der Waals surface area contributed by atoms with Crippen LogP contribution in [-0.4, -0.2) is 11.6 Å². The van der Waals surface area contributed by atoms with E-state index in [-0.39, 0.29) is 5.82 Å². The fraction of sp³-hybridized carbons (Fsp3) is 0.364. The van der Waals surface area contributed by atoms with Crippen molar-refractivity contribution in [1.82, 2.24) is 0 Å². The monoisotopic (exact) mass is 305 g/mol. The second-order valence-electron chi connectivity index (χ2n) is 3.38. The van der Waals surface area contributed by atoms with Crippen LogP contribution in [0.5, 0.6) is 5.75 Å². The van der Waals surface area contributed by atoms with Crippen molar-refractivity contribution in [2.75, 3.05) is 6.61 Å². The van der Waals surface area contributed by atoms with E-state index in [1.807, 2.05) is 0 Å². The Kier molecular flexibility index (Phi) is 5.69. The molecule has 0 spiro atoms. The average molecular weight is 306 g/mol. The van der Waals surface area contributed by atoms with E-state index in [1.54, 1.807) is 6.07 Å². The van der Waals surface area contributed by atoms with Crippen molar-refractivity contribution in [3.63, 3.8) is 0 Å². The first kappa shape index (κ1) is 13.4. The van der Waals surface area contributed by atoms with E-state index in [4.69, 9.17) is 22.7 Å². The number of hydrogen-bond donors (Lipinski definition) is 1. The molecule has 0 aliphatic carbocycles. The zero-order valence-electron chi connectivity index (χ0n) is 8.71. The Morgan fingerprint density at radius 3 is 2.75 bits per heavy atom. The lowest BCUT2D eigenvalue weighted by atomic mass is 10.2. The maximum Gasteiger partial charge on any atom is 0.128 e. The highest BCUT2D eigenvalue weighted by Gasteiger charge is 2.00. The van der Waals surface area contributed by atoms with E-state index in [9.17, 15) is 4.39 Å². The highest BCUT2D eigenvalue weighted by Crippen LogP contribution is 2.20. The van der Waals surface area contributed by atoms with Crippen molar-refractivity contribution < 1.29 is 9.13 Å². The van der Waals surface area contributed by atoms with Gasteiger partial charge in [-0.25, -0.2) is 4.39 Å². The zero-order chi connectivity index (χ0) is 12.0. The van der Waals surface area contributed by atoms with Crippen LogP contribution >= 0.6 is 28.1 Å². The molecule has 0 fully saturated rings. The molecule has 0 atom stereocenters. The molecule has 2 N–H and O–H groups in total. The molecule has 0 amide bonds. The number of halogens is 2. The van der Waals surface area contributed by atoms with Crippen LogP contribution in [0.15, 0.2) is 22.7 Å². The normalized spacial score (nSPS) is 10.1. The molecule has 2 nitrogen and oxygen atoms in total. The number of ether oxygens (including phenoxy) is 1. The van der Waals surface area contributed by atoms with Gasteiger partial charge in [0, 0.05) is 10.5 Å². The van der Waals surface area contributed by atoms with Crippen molar-refractivity contribution >= 4 is 33.1 Å². The van der Waals surface area contributed by atoms with Gasteiger partial charge in [-0.15, -0.1) is 0 Å². The summed E-state index contributed by atoms with van der Waals surface area (Å²) in [4.78, 5) is 0.522. The van der Waals surface area contributed by atoms with Gasteiger partial charge in [-0.3, -0.25) is 0 Å². The van der Waals surface area contributed by atoms with Gasteiger partial charge in [0.05, 0.1) is 11.6 Å². The van der Waals surface area contributed by atoms with Crippen LogP contribution in [0.4, 0.5) is 4.39 Å². The SMILES string of the molecule is NC(=S)CCCCOc1cc(F)cc(Br)c1. The molecule has 0 aliphatic rings. The van der Waals surface area contributed by atoms with E-state index in [1.165, 1.54) is 12.1 Å². The van der Waals surface area contributed by atoms with Crippen molar-refractivity contribution in [3.05, 3.63) is 28.5 Å². The van der Waals surface area contributed by atoms with Crippen LogP contribution < -0.4 is 10.5 Å². The molecule has 0 saturated carbocycles. The molecule has 0 aliphatic heterocycles. The van der Waals surface area contributed by atoms with Crippen molar-refractivity contribution in [2.45, 2.75) is 19.3 Å². The van der Waals surface area contributed by atoms with Crippen LogP contribution in [0.2, 0.25) is 0 Å². The summed E-state index contributed by atoms with van der Waals surface area (Å²) in [6, 6.07) is 4.48. The smallest absolute Gasteiger partial charge is 0.128 e. The lowest BCUT2D eigenvalue weighted by Gasteiger charge is -2.06. The molecule has 88 valence electrons. The minimum Gasteiger partial charge on any atom is -0.493 e. The van der Waals surface area contributed by atoms with E-state index in [0.29, 0.717) is 21.8 Å². The molecule has 0 unspecified atom stereocenters. The first-order valence-corrected chi connectivity index (χ1v) is 6.15. The van der Waals surface area contributed by atoms with Gasteiger partial charge in [0.25, 0.3) is 0 Å². The molecule has 0 bridgehead atoms. The highest BCUT2D eigenvalue weighted by molar-refractivity contribution is 9.10. The molecule has 0 saturated heterocycles. The Morgan fingerprint density at radius 1 is 1.38 bits per heavy atom. The van der Waals surface area contributed by atoms with Gasteiger partial charge in [-0.05, 0) is 31.4 Å². The van der Waals surface area contributed by atoms with Crippen LogP contribution in [0, 0.1) is 5.82 Å². The fourth-order valence-electron chi connectivity index (χ4n) is 1.20. The summed E-state index contributed by atoms with van der Waals surface area (Å²) in [5.74, 6) is 0.217. The maximum atomic E-state index is 13.0. The molecule has 16 heavy (non-hydrogen) atoms. The van der Waals surface area contributed by atoms with E-state index < -0.39 is 0 Å². The second kappa shape index (κ2) is 6.81. The summed E-state index contributed by atoms with van der Waals surface area (Å²) in [6.45, 7) is 0.540. The predicted molar refractivity (Wildman–Crippen MR) is 70.2 cm³/mol. The highest BCUT2D eigenvalue weighted by atomic mass is 79.9. The van der Waals surface area contributed by atoms with Gasteiger partial charge < -0.3 is 10.5 Å². The van der Waals surface area contributed by atoms with Crippen LogP contribution in [0.25, 0.3) is 0 Å². The summed E-state index contributed by atoms with van der Waals surface area (Å²) in [5, 5.41) is 0. The number of unbranched alkanes of at least 4 members (excludes halogenated alkanes) is 1. The minimum atomic E-state index is -0.312. The molecule has 0 heterocycles. The molecule has 1 aromatic carbocycles. The predicted octanol–water partition coefficient (Wildman–Crippen LogP) is 3.42. The largest absolute Gasteiger partial charge is 0.493 e. The number of rotatable bonds is 6. The minimum absolute atomic E-state index is 0.312. The lowest BCUT2D eigenvalue weighted by molar-refractivity contribution is 0.306. The van der Waals surface area contributed by atoms with Crippen LogP contribution in [-0.2, 0) is 0 Å². The molecular weight excluding hydrogens is 293 g/mol. The zero-order valence-corrected chi connectivity index (χ0v) is 11.1. The van der Waals surface area contributed by atoms with Gasteiger partial charge in [-0.1, -0.05) is 28.1 Å². The van der Waals surface area contributed by atoms with E-state index in [2.05, 4.69) is 15.9 Å². The Hall–Kier alpha value is -0.680. The van der Waals surface area contributed by atoms with E-state index >= 15 is 0 Å². The van der Waals surface area contributed by atoms with Crippen LogP contribution in [0.3, 0.4) is 0 Å². The molecule has 1 rings (SSSR count). The Bertz CT molecular complexity index is 353. The van der Waals surface area contributed by atoms with Crippen molar-refractivity contribution in [3.8, 4) is 5.75 Å². The van der Waals surface area contributed by atoms with Gasteiger partial charge in [0.1, 0.15) is 11.6 Å².